The Hall–Kier alpha value is -1.92. The summed E-state index contributed by atoms with van der Waals surface area (Å²) in [6.45, 7) is 0. The summed E-state index contributed by atoms with van der Waals surface area (Å²) in [4.78, 5) is 19.9. The van der Waals surface area contributed by atoms with Gasteiger partial charge in [0.25, 0.3) is 0 Å². The minimum atomic E-state index is -1.10. The summed E-state index contributed by atoms with van der Waals surface area (Å²) in [5.74, 6) is -1.21. The summed E-state index contributed by atoms with van der Waals surface area (Å²) in [5.41, 5.74) is 2.11. The SMILES string of the molecule is O=C([O-])CSc1ncnc2scc(-c3ccccc3)c12. The van der Waals surface area contributed by atoms with E-state index < -0.39 is 5.97 Å². The third-order valence-corrected chi connectivity index (χ3v) is 4.60. The van der Waals surface area contributed by atoms with Crippen LogP contribution in [0.5, 0.6) is 0 Å². The average Bonchev–Trinajstić information content (AvgIpc) is 2.90. The summed E-state index contributed by atoms with van der Waals surface area (Å²) in [5, 5.41) is 14.2. The predicted octanol–water partition coefficient (Wildman–Crippen LogP) is 2.20. The van der Waals surface area contributed by atoms with Crippen molar-refractivity contribution in [3.63, 3.8) is 0 Å². The van der Waals surface area contributed by atoms with E-state index in [1.54, 1.807) is 0 Å². The number of thiophene rings is 1. The number of carboxylic acids is 1. The normalized spacial score (nSPS) is 10.8. The Morgan fingerprint density at radius 2 is 2.05 bits per heavy atom. The highest BCUT2D eigenvalue weighted by Gasteiger charge is 2.13. The minimum absolute atomic E-state index is 0.115. The van der Waals surface area contributed by atoms with Crippen molar-refractivity contribution in [1.29, 1.82) is 0 Å². The smallest absolute Gasteiger partial charge is 0.128 e. The molecule has 0 aliphatic carbocycles. The first-order chi connectivity index (χ1) is 9.75. The second-order valence-corrected chi connectivity index (χ2v) is 5.86. The quantitative estimate of drug-likeness (QED) is 0.546. The molecule has 3 rings (SSSR count). The Balaban J connectivity index is 2.12. The number of carbonyl (C=O) groups is 1. The molecule has 0 aliphatic rings. The molecule has 0 N–H and O–H groups in total. The van der Waals surface area contributed by atoms with E-state index in [0.29, 0.717) is 5.03 Å². The molecule has 0 fully saturated rings. The molecule has 0 bridgehead atoms. The van der Waals surface area contributed by atoms with Gasteiger partial charge in [0.2, 0.25) is 0 Å². The van der Waals surface area contributed by atoms with Gasteiger partial charge >= 0.3 is 0 Å². The summed E-state index contributed by atoms with van der Waals surface area (Å²) >= 11 is 2.69. The van der Waals surface area contributed by atoms with Crippen LogP contribution in [0.25, 0.3) is 21.3 Å². The monoisotopic (exact) mass is 301 g/mol. The van der Waals surface area contributed by atoms with Crippen molar-refractivity contribution in [3.8, 4) is 11.1 Å². The molecule has 0 saturated heterocycles. The largest absolute Gasteiger partial charge is 0.549 e. The maximum atomic E-state index is 10.6. The Morgan fingerprint density at radius 3 is 2.80 bits per heavy atom. The second kappa shape index (κ2) is 5.60. The number of hydrogen-bond donors (Lipinski definition) is 0. The van der Waals surface area contributed by atoms with E-state index in [4.69, 9.17) is 0 Å². The first-order valence-corrected chi connectivity index (χ1v) is 7.72. The molecular weight excluding hydrogens is 292 g/mol. The van der Waals surface area contributed by atoms with Crippen molar-refractivity contribution in [2.75, 3.05) is 5.75 Å². The summed E-state index contributed by atoms with van der Waals surface area (Å²) in [6.07, 6.45) is 1.46. The number of fused-ring (bicyclic) bond motifs is 1. The van der Waals surface area contributed by atoms with Gasteiger partial charge in [-0.25, -0.2) is 9.97 Å². The van der Waals surface area contributed by atoms with Crippen LogP contribution in [0.3, 0.4) is 0 Å². The van der Waals surface area contributed by atoms with Crippen LogP contribution in [0.2, 0.25) is 0 Å². The van der Waals surface area contributed by atoms with E-state index in [0.717, 1.165) is 33.1 Å². The van der Waals surface area contributed by atoms with Crippen LogP contribution in [-0.4, -0.2) is 21.7 Å². The minimum Gasteiger partial charge on any atom is -0.549 e. The van der Waals surface area contributed by atoms with Gasteiger partial charge in [0, 0.05) is 16.7 Å². The molecule has 2 aromatic heterocycles. The van der Waals surface area contributed by atoms with Crippen LogP contribution in [-0.2, 0) is 4.79 Å². The van der Waals surface area contributed by atoms with E-state index in [1.165, 1.54) is 17.7 Å². The number of nitrogens with zero attached hydrogens (tertiary/aromatic N) is 2. The fourth-order valence-corrected chi connectivity index (χ4v) is 3.62. The number of aliphatic carboxylic acids is 1. The van der Waals surface area contributed by atoms with Gasteiger partial charge in [-0.3, -0.25) is 0 Å². The third-order valence-electron chi connectivity index (χ3n) is 2.75. The van der Waals surface area contributed by atoms with Crippen LogP contribution in [0.4, 0.5) is 0 Å². The van der Waals surface area contributed by atoms with E-state index >= 15 is 0 Å². The van der Waals surface area contributed by atoms with Gasteiger partial charge in [0.1, 0.15) is 16.2 Å². The van der Waals surface area contributed by atoms with E-state index in [1.807, 2.05) is 35.7 Å². The molecule has 0 unspecified atom stereocenters. The Morgan fingerprint density at radius 1 is 1.25 bits per heavy atom. The van der Waals surface area contributed by atoms with E-state index in [-0.39, 0.29) is 5.75 Å². The van der Waals surface area contributed by atoms with Crippen molar-refractivity contribution < 1.29 is 9.90 Å². The van der Waals surface area contributed by atoms with Crippen LogP contribution in [0.1, 0.15) is 0 Å². The maximum Gasteiger partial charge on any atom is 0.128 e. The molecule has 0 atom stereocenters. The van der Waals surface area contributed by atoms with Gasteiger partial charge in [-0.2, -0.15) is 0 Å². The van der Waals surface area contributed by atoms with Crippen LogP contribution in [0.15, 0.2) is 47.1 Å². The number of rotatable bonds is 4. The average molecular weight is 301 g/mol. The number of carboxylic acid groups (broad SMARTS) is 1. The van der Waals surface area contributed by atoms with Gasteiger partial charge in [0.05, 0.1) is 11.4 Å². The van der Waals surface area contributed by atoms with Crippen LogP contribution >= 0.6 is 23.1 Å². The molecule has 4 nitrogen and oxygen atoms in total. The Bertz CT molecular complexity index is 756. The molecule has 0 saturated carbocycles. The van der Waals surface area contributed by atoms with E-state index in [9.17, 15) is 9.90 Å². The van der Waals surface area contributed by atoms with Crippen LogP contribution < -0.4 is 5.11 Å². The molecule has 3 aromatic rings. The molecule has 20 heavy (non-hydrogen) atoms. The molecule has 2 heterocycles. The van der Waals surface area contributed by atoms with Gasteiger partial charge in [0.15, 0.2) is 0 Å². The maximum absolute atomic E-state index is 10.6. The molecule has 0 spiro atoms. The van der Waals surface area contributed by atoms with Gasteiger partial charge < -0.3 is 9.90 Å². The van der Waals surface area contributed by atoms with Crippen molar-refractivity contribution in [2.24, 2.45) is 0 Å². The highest BCUT2D eigenvalue weighted by Crippen LogP contribution is 2.37. The molecule has 0 amide bonds. The highest BCUT2D eigenvalue weighted by molar-refractivity contribution is 8.00. The third kappa shape index (κ3) is 2.52. The fraction of sp³-hybridized carbons (Fsp3) is 0.0714. The molecule has 6 heteroatoms. The summed E-state index contributed by atoms with van der Waals surface area (Å²) in [7, 11) is 0. The molecule has 100 valence electrons. The lowest BCUT2D eigenvalue weighted by Gasteiger charge is -2.05. The second-order valence-electron chi connectivity index (χ2n) is 4.04. The number of aromatic nitrogens is 2. The zero-order chi connectivity index (χ0) is 13.9. The summed E-state index contributed by atoms with van der Waals surface area (Å²) < 4.78 is 0. The summed E-state index contributed by atoms with van der Waals surface area (Å²) in [6, 6.07) is 9.93. The lowest BCUT2D eigenvalue weighted by atomic mass is 10.1. The number of benzene rings is 1. The number of hydrogen-bond acceptors (Lipinski definition) is 6. The molecule has 0 aliphatic heterocycles. The molecule has 0 radical (unpaired) electrons. The number of carbonyl (C=O) groups excluding carboxylic acids is 1. The first-order valence-electron chi connectivity index (χ1n) is 5.86. The number of thioether (sulfide) groups is 1. The van der Waals surface area contributed by atoms with Crippen molar-refractivity contribution >= 4 is 39.3 Å². The highest BCUT2D eigenvalue weighted by atomic mass is 32.2. The molecule has 1 aromatic carbocycles. The topological polar surface area (TPSA) is 65.9 Å². The predicted molar refractivity (Wildman–Crippen MR) is 78.6 cm³/mol. The zero-order valence-electron chi connectivity index (χ0n) is 10.3. The lowest BCUT2D eigenvalue weighted by molar-refractivity contribution is -0.301. The van der Waals surface area contributed by atoms with Gasteiger partial charge in [-0.1, -0.05) is 42.1 Å². The Labute approximate surface area is 123 Å². The van der Waals surface area contributed by atoms with Gasteiger partial charge in [-0.05, 0) is 5.56 Å². The van der Waals surface area contributed by atoms with Crippen LogP contribution in [0, 0.1) is 0 Å². The molecular formula is C14H9N2O2S2-. The van der Waals surface area contributed by atoms with Crippen molar-refractivity contribution in [1.82, 2.24) is 9.97 Å². The standard InChI is InChI=1S/C14H10N2O2S2/c17-11(18)7-20-14-12-10(9-4-2-1-3-5-9)6-19-13(12)15-8-16-14/h1-6,8H,7H2,(H,17,18)/p-1. The fourth-order valence-electron chi connectivity index (χ4n) is 1.91. The van der Waals surface area contributed by atoms with E-state index in [2.05, 4.69) is 9.97 Å². The first kappa shape index (κ1) is 13.1. The van der Waals surface area contributed by atoms with Gasteiger partial charge in [-0.15, -0.1) is 11.3 Å². The van der Waals surface area contributed by atoms with Crippen molar-refractivity contribution in [2.45, 2.75) is 5.03 Å². The zero-order valence-corrected chi connectivity index (χ0v) is 11.9. The lowest BCUT2D eigenvalue weighted by Crippen LogP contribution is -2.24. The van der Waals surface area contributed by atoms with Crippen molar-refractivity contribution in [3.05, 3.63) is 42.0 Å². The Kier molecular flexibility index (Phi) is 3.66.